The lowest BCUT2D eigenvalue weighted by molar-refractivity contribution is -0.109. The molecule has 0 heterocycles. The molecule has 0 saturated heterocycles. The van der Waals surface area contributed by atoms with E-state index in [1.54, 1.807) is 12.1 Å². The number of carbonyl (C=O) groups excluding carboxylic acids is 1. The zero-order valence-electron chi connectivity index (χ0n) is 11.4. The molecule has 0 N–H and O–H groups in total. The summed E-state index contributed by atoms with van der Waals surface area (Å²) in [5.74, 6) is 0.161. The van der Waals surface area contributed by atoms with Crippen LogP contribution in [0.5, 0.6) is 5.75 Å². The molecule has 2 nitrogen and oxygen atoms in total. The molecule has 0 aliphatic heterocycles. The quantitative estimate of drug-likeness (QED) is 0.749. The molecule has 104 valence electrons. The second kappa shape index (κ2) is 6.85. The van der Waals surface area contributed by atoms with Gasteiger partial charge < -0.3 is 9.53 Å². The van der Waals surface area contributed by atoms with Crippen molar-refractivity contribution in [2.75, 3.05) is 6.61 Å². The maximum Gasteiger partial charge on any atom is 0.127 e. The van der Waals surface area contributed by atoms with E-state index >= 15 is 0 Å². The predicted molar refractivity (Wildman–Crippen MR) is 76.5 cm³/mol. The lowest BCUT2D eigenvalue weighted by atomic mass is 9.93. The Morgan fingerprint density at radius 3 is 2.55 bits per heavy atom. The molecule has 1 unspecified atom stereocenters. The minimum absolute atomic E-state index is 0.318. The van der Waals surface area contributed by atoms with E-state index < -0.39 is 0 Å². The van der Waals surface area contributed by atoms with E-state index in [9.17, 15) is 9.18 Å². The average Bonchev–Trinajstić information content (AvgIpc) is 2.47. The number of aldehydes is 1. The molecule has 0 aromatic heterocycles. The maximum atomic E-state index is 13.2. The Kier molecular flexibility index (Phi) is 4.88. The molecule has 0 bridgehead atoms. The van der Waals surface area contributed by atoms with Crippen LogP contribution in [0.15, 0.2) is 48.5 Å². The van der Waals surface area contributed by atoms with Crippen LogP contribution in [0.2, 0.25) is 0 Å². The van der Waals surface area contributed by atoms with Gasteiger partial charge in [-0.15, -0.1) is 0 Å². The van der Waals surface area contributed by atoms with Crippen LogP contribution in [0.4, 0.5) is 4.39 Å². The molecule has 20 heavy (non-hydrogen) atoms. The Morgan fingerprint density at radius 2 is 1.95 bits per heavy atom. The van der Waals surface area contributed by atoms with Gasteiger partial charge in [0, 0.05) is 5.92 Å². The normalized spacial score (nSPS) is 11.9. The lowest BCUT2D eigenvalue weighted by Crippen LogP contribution is -2.05. The third kappa shape index (κ3) is 3.67. The molecule has 0 saturated carbocycles. The van der Waals surface area contributed by atoms with Crippen LogP contribution in [-0.2, 0) is 11.2 Å². The summed E-state index contributed by atoms with van der Waals surface area (Å²) < 4.78 is 18.6. The van der Waals surface area contributed by atoms with E-state index in [1.807, 2.05) is 31.2 Å². The number of halogens is 1. The first-order chi connectivity index (χ1) is 9.72. The highest BCUT2D eigenvalue weighted by atomic mass is 19.1. The summed E-state index contributed by atoms with van der Waals surface area (Å²) in [6, 6.07) is 13.8. The SMILES string of the molecule is CCOc1ccc(CC(C=O)c2cccc(F)c2)cc1. The third-order valence-corrected chi connectivity index (χ3v) is 3.13. The summed E-state index contributed by atoms with van der Waals surface area (Å²) in [5, 5.41) is 0. The highest BCUT2D eigenvalue weighted by molar-refractivity contribution is 5.63. The first-order valence-electron chi connectivity index (χ1n) is 6.65. The zero-order valence-corrected chi connectivity index (χ0v) is 11.4. The Labute approximate surface area is 118 Å². The van der Waals surface area contributed by atoms with E-state index in [1.165, 1.54) is 12.1 Å². The topological polar surface area (TPSA) is 26.3 Å². The Balaban J connectivity index is 2.12. The fourth-order valence-electron chi connectivity index (χ4n) is 2.12. The smallest absolute Gasteiger partial charge is 0.127 e. The zero-order chi connectivity index (χ0) is 14.4. The molecule has 0 aliphatic rings. The number of hydrogen-bond acceptors (Lipinski definition) is 2. The Morgan fingerprint density at radius 1 is 1.20 bits per heavy atom. The van der Waals surface area contributed by atoms with E-state index in [2.05, 4.69) is 0 Å². The first kappa shape index (κ1) is 14.3. The van der Waals surface area contributed by atoms with Crippen LogP contribution in [0.25, 0.3) is 0 Å². The van der Waals surface area contributed by atoms with Crippen molar-refractivity contribution in [3.8, 4) is 5.75 Å². The van der Waals surface area contributed by atoms with Gasteiger partial charge in [0.1, 0.15) is 17.9 Å². The van der Waals surface area contributed by atoms with E-state index in [4.69, 9.17) is 4.74 Å². The third-order valence-electron chi connectivity index (χ3n) is 3.13. The van der Waals surface area contributed by atoms with Gasteiger partial charge in [0.15, 0.2) is 0 Å². The molecular formula is C17H17FO2. The molecule has 0 aliphatic carbocycles. The minimum Gasteiger partial charge on any atom is -0.494 e. The summed E-state index contributed by atoms with van der Waals surface area (Å²) in [4.78, 5) is 11.2. The van der Waals surface area contributed by atoms with Crippen LogP contribution in [0.1, 0.15) is 24.0 Å². The van der Waals surface area contributed by atoms with Gasteiger partial charge in [0.05, 0.1) is 6.61 Å². The van der Waals surface area contributed by atoms with Gasteiger partial charge in [-0.05, 0) is 48.7 Å². The van der Waals surface area contributed by atoms with Gasteiger partial charge in [-0.25, -0.2) is 4.39 Å². The molecular weight excluding hydrogens is 255 g/mol. The van der Waals surface area contributed by atoms with E-state index in [-0.39, 0.29) is 11.7 Å². The predicted octanol–water partition coefficient (Wildman–Crippen LogP) is 3.75. The minimum atomic E-state index is -0.330. The van der Waals surface area contributed by atoms with E-state index in [0.717, 1.165) is 17.6 Å². The molecule has 0 radical (unpaired) electrons. The fraction of sp³-hybridized carbons (Fsp3) is 0.235. The molecule has 0 fully saturated rings. The number of ether oxygens (including phenoxy) is 1. The molecule has 2 aromatic carbocycles. The Bertz CT molecular complexity index is 563. The number of rotatable bonds is 6. The monoisotopic (exact) mass is 272 g/mol. The van der Waals surface area contributed by atoms with Crippen molar-refractivity contribution in [1.29, 1.82) is 0 Å². The summed E-state index contributed by atoms with van der Waals surface area (Å²) >= 11 is 0. The highest BCUT2D eigenvalue weighted by Crippen LogP contribution is 2.21. The van der Waals surface area contributed by atoms with Crippen molar-refractivity contribution < 1.29 is 13.9 Å². The van der Waals surface area contributed by atoms with Gasteiger partial charge in [-0.3, -0.25) is 0 Å². The van der Waals surface area contributed by atoms with Gasteiger partial charge >= 0.3 is 0 Å². The van der Waals surface area contributed by atoms with Crippen molar-refractivity contribution in [1.82, 2.24) is 0 Å². The van der Waals surface area contributed by atoms with Crippen LogP contribution < -0.4 is 4.74 Å². The molecule has 3 heteroatoms. The summed E-state index contributed by atoms with van der Waals surface area (Å²) in [5.41, 5.74) is 1.73. The number of hydrogen-bond donors (Lipinski definition) is 0. The van der Waals surface area contributed by atoms with Gasteiger partial charge in [-0.2, -0.15) is 0 Å². The second-order valence-electron chi connectivity index (χ2n) is 4.58. The van der Waals surface area contributed by atoms with Gasteiger partial charge in [0.2, 0.25) is 0 Å². The number of carbonyl (C=O) groups is 1. The van der Waals surface area contributed by atoms with E-state index in [0.29, 0.717) is 18.6 Å². The van der Waals surface area contributed by atoms with Crippen molar-refractivity contribution in [3.05, 3.63) is 65.5 Å². The fourth-order valence-corrected chi connectivity index (χ4v) is 2.12. The molecule has 1 atom stereocenters. The number of benzene rings is 2. The van der Waals surface area contributed by atoms with Crippen LogP contribution >= 0.6 is 0 Å². The molecule has 2 aromatic rings. The molecule has 0 amide bonds. The second-order valence-corrected chi connectivity index (χ2v) is 4.58. The molecule has 0 spiro atoms. The highest BCUT2D eigenvalue weighted by Gasteiger charge is 2.12. The average molecular weight is 272 g/mol. The van der Waals surface area contributed by atoms with Crippen molar-refractivity contribution >= 4 is 6.29 Å². The van der Waals surface area contributed by atoms with Crippen molar-refractivity contribution in [2.45, 2.75) is 19.3 Å². The van der Waals surface area contributed by atoms with Crippen LogP contribution in [0.3, 0.4) is 0 Å². The summed E-state index contributed by atoms with van der Waals surface area (Å²) in [6.45, 7) is 2.56. The van der Waals surface area contributed by atoms with Gasteiger partial charge in [-0.1, -0.05) is 24.3 Å². The first-order valence-corrected chi connectivity index (χ1v) is 6.65. The van der Waals surface area contributed by atoms with Gasteiger partial charge in [0.25, 0.3) is 0 Å². The van der Waals surface area contributed by atoms with Crippen LogP contribution in [-0.4, -0.2) is 12.9 Å². The summed E-state index contributed by atoms with van der Waals surface area (Å²) in [7, 11) is 0. The summed E-state index contributed by atoms with van der Waals surface area (Å²) in [6.07, 6.45) is 1.42. The van der Waals surface area contributed by atoms with Crippen LogP contribution in [0, 0.1) is 5.82 Å². The van der Waals surface area contributed by atoms with Crippen molar-refractivity contribution in [2.24, 2.45) is 0 Å². The largest absolute Gasteiger partial charge is 0.494 e. The van der Waals surface area contributed by atoms with Crippen molar-refractivity contribution in [3.63, 3.8) is 0 Å². The maximum absolute atomic E-state index is 13.2. The molecule has 2 rings (SSSR count). The standard InChI is InChI=1S/C17H17FO2/c1-2-20-17-8-6-13(7-9-17)10-15(12-19)14-4-3-5-16(18)11-14/h3-9,11-12,15H,2,10H2,1H3. The lowest BCUT2D eigenvalue weighted by Gasteiger charge is -2.11. The Hall–Kier alpha value is -2.16.